The van der Waals surface area contributed by atoms with Crippen molar-refractivity contribution in [3.63, 3.8) is 0 Å². The number of carbonyl (C=O) groups is 1. The molecule has 3 aromatic rings. The molecule has 0 saturated carbocycles. The average Bonchev–Trinajstić information content (AvgIpc) is 3.02. The molecule has 2 heterocycles. The number of fused-ring (bicyclic) bond motifs is 1. The SMILES string of the molecule is O=C1CCCc2c1c(Cc1ccccc1)c(-c1ccncc1)n2CCCO. The van der Waals surface area contributed by atoms with Crippen LogP contribution in [0.1, 0.15) is 46.4 Å². The van der Waals surface area contributed by atoms with Gasteiger partial charge in [0.2, 0.25) is 0 Å². The Morgan fingerprint density at radius 3 is 2.56 bits per heavy atom. The second-order valence-corrected chi connectivity index (χ2v) is 7.05. The van der Waals surface area contributed by atoms with Crippen LogP contribution < -0.4 is 0 Å². The van der Waals surface area contributed by atoms with E-state index in [4.69, 9.17) is 0 Å². The van der Waals surface area contributed by atoms with Crippen LogP contribution in [-0.4, -0.2) is 27.0 Å². The number of Topliss-reactive ketones (excluding diaryl/α,β-unsaturated/α-hetero) is 1. The second-order valence-electron chi connectivity index (χ2n) is 7.05. The van der Waals surface area contributed by atoms with Crippen LogP contribution in [0.5, 0.6) is 0 Å². The Hall–Kier alpha value is -2.72. The van der Waals surface area contributed by atoms with Crippen LogP contribution in [-0.2, 0) is 19.4 Å². The van der Waals surface area contributed by atoms with E-state index in [0.29, 0.717) is 12.8 Å². The van der Waals surface area contributed by atoms with Gasteiger partial charge < -0.3 is 9.67 Å². The van der Waals surface area contributed by atoms with E-state index in [-0.39, 0.29) is 12.4 Å². The molecule has 1 aliphatic carbocycles. The van der Waals surface area contributed by atoms with Gasteiger partial charge in [-0.25, -0.2) is 0 Å². The molecule has 0 amide bonds. The Balaban J connectivity index is 1.93. The van der Waals surface area contributed by atoms with Gasteiger partial charge in [-0.3, -0.25) is 9.78 Å². The minimum atomic E-state index is 0.144. The number of ketones is 1. The highest BCUT2D eigenvalue weighted by molar-refractivity contribution is 6.01. The van der Waals surface area contributed by atoms with E-state index in [1.807, 2.05) is 30.3 Å². The van der Waals surface area contributed by atoms with Gasteiger partial charge in [0.15, 0.2) is 5.78 Å². The van der Waals surface area contributed by atoms with Gasteiger partial charge in [0.05, 0.1) is 5.69 Å². The van der Waals surface area contributed by atoms with Gasteiger partial charge in [0, 0.05) is 55.2 Å². The zero-order valence-electron chi connectivity index (χ0n) is 15.4. The Bertz CT molecular complexity index is 930. The number of hydrogen-bond acceptors (Lipinski definition) is 3. The first kappa shape index (κ1) is 17.7. The molecule has 0 fully saturated rings. The minimum absolute atomic E-state index is 0.144. The summed E-state index contributed by atoms with van der Waals surface area (Å²) in [6.07, 6.45) is 7.44. The number of pyridine rings is 1. The number of benzene rings is 1. The van der Waals surface area contributed by atoms with Crippen LogP contribution in [0.3, 0.4) is 0 Å². The van der Waals surface area contributed by atoms with Gasteiger partial charge in [0.25, 0.3) is 0 Å². The number of hydrogen-bond donors (Lipinski definition) is 1. The highest BCUT2D eigenvalue weighted by Crippen LogP contribution is 2.37. The van der Waals surface area contributed by atoms with Gasteiger partial charge in [-0.05, 0) is 42.5 Å². The van der Waals surface area contributed by atoms with Gasteiger partial charge in [0.1, 0.15) is 0 Å². The van der Waals surface area contributed by atoms with Crippen molar-refractivity contribution in [3.05, 3.63) is 77.2 Å². The molecule has 0 radical (unpaired) electrons. The summed E-state index contributed by atoms with van der Waals surface area (Å²) < 4.78 is 2.27. The normalized spacial score (nSPS) is 13.6. The predicted molar refractivity (Wildman–Crippen MR) is 106 cm³/mol. The van der Waals surface area contributed by atoms with Gasteiger partial charge >= 0.3 is 0 Å². The summed E-state index contributed by atoms with van der Waals surface area (Å²) in [5, 5.41) is 9.40. The maximum absolute atomic E-state index is 12.9. The molecular formula is C23H24N2O2. The quantitative estimate of drug-likeness (QED) is 0.722. The summed E-state index contributed by atoms with van der Waals surface area (Å²) in [5.74, 6) is 0.250. The van der Waals surface area contributed by atoms with Crippen molar-refractivity contribution >= 4 is 5.78 Å². The number of aliphatic hydroxyl groups is 1. The number of aromatic nitrogens is 2. The van der Waals surface area contributed by atoms with Crippen molar-refractivity contribution in [1.82, 2.24) is 9.55 Å². The molecule has 27 heavy (non-hydrogen) atoms. The number of rotatable bonds is 6. The zero-order valence-corrected chi connectivity index (χ0v) is 15.4. The Morgan fingerprint density at radius 2 is 1.81 bits per heavy atom. The highest BCUT2D eigenvalue weighted by atomic mass is 16.3. The smallest absolute Gasteiger partial charge is 0.165 e. The average molecular weight is 360 g/mol. The maximum Gasteiger partial charge on any atom is 0.165 e. The summed E-state index contributed by atoms with van der Waals surface area (Å²) in [4.78, 5) is 17.0. The monoisotopic (exact) mass is 360 g/mol. The third-order valence-corrected chi connectivity index (χ3v) is 5.29. The van der Waals surface area contributed by atoms with E-state index in [1.54, 1.807) is 12.4 Å². The molecule has 0 spiro atoms. The van der Waals surface area contributed by atoms with Crippen molar-refractivity contribution < 1.29 is 9.90 Å². The first-order valence-electron chi connectivity index (χ1n) is 9.62. The van der Waals surface area contributed by atoms with E-state index < -0.39 is 0 Å². The summed E-state index contributed by atoms with van der Waals surface area (Å²) >= 11 is 0. The van der Waals surface area contributed by atoms with Crippen LogP contribution in [0.2, 0.25) is 0 Å². The van der Waals surface area contributed by atoms with E-state index in [9.17, 15) is 9.90 Å². The standard InChI is InChI=1S/C23H24N2O2/c26-15-5-14-25-20-8-4-9-21(27)22(20)19(16-17-6-2-1-3-7-17)23(25)18-10-12-24-13-11-18/h1-3,6-7,10-13,26H,4-5,8-9,14-16H2. The van der Waals surface area contributed by atoms with E-state index >= 15 is 0 Å². The lowest BCUT2D eigenvalue weighted by molar-refractivity contribution is 0.0971. The van der Waals surface area contributed by atoms with E-state index in [1.165, 1.54) is 5.56 Å². The Labute approximate surface area is 159 Å². The zero-order chi connectivity index (χ0) is 18.6. The molecule has 4 heteroatoms. The lowest BCUT2D eigenvalue weighted by atomic mass is 9.90. The van der Waals surface area contributed by atoms with Crippen LogP contribution in [0.15, 0.2) is 54.9 Å². The fraction of sp³-hybridized carbons (Fsp3) is 0.304. The van der Waals surface area contributed by atoms with Gasteiger partial charge in [-0.15, -0.1) is 0 Å². The molecule has 0 unspecified atom stereocenters. The fourth-order valence-electron chi connectivity index (χ4n) is 4.14. The van der Waals surface area contributed by atoms with Crippen molar-refractivity contribution in [2.45, 2.75) is 38.6 Å². The Kier molecular flexibility index (Phi) is 5.16. The summed E-state index contributed by atoms with van der Waals surface area (Å²) in [6, 6.07) is 14.3. The number of aliphatic hydroxyl groups excluding tert-OH is 1. The van der Waals surface area contributed by atoms with Crippen LogP contribution in [0.25, 0.3) is 11.3 Å². The second kappa shape index (κ2) is 7.89. The fourth-order valence-corrected chi connectivity index (χ4v) is 4.14. The van der Waals surface area contributed by atoms with Gasteiger partial charge in [-0.2, -0.15) is 0 Å². The first-order chi connectivity index (χ1) is 13.3. The molecule has 1 N–H and O–H groups in total. The lowest BCUT2D eigenvalue weighted by Gasteiger charge is -2.16. The van der Waals surface area contributed by atoms with Crippen molar-refractivity contribution in [1.29, 1.82) is 0 Å². The van der Waals surface area contributed by atoms with Crippen LogP contribution in [0.4, 0.5) is 0 Å². The molecule has 1 aromatic carbocycles. The van der Waals surface area contributed by atoms with E-state index in [2.05, 4.69) is 21.7 Å². The molecule has 0 aliphatic heterocycles. The molecule has 0 bridgehead atoms. The third-order valence-electron chi connectivity index (χ3n) is 5.29. The first-order valence-corrected chi connectivity index (χ1v) is 9.62. The van der Waals surface area contributed by atoms with Crippen molar-refractivity contribution in [2.75, 3.05) is 6.61 Å². The molecule has 0 atom stereocenters. The van der Waals surface area contributed by atoms with Crippen LogP contribution >= 0.6 is 0 Å². The topological polar surface area (TPSA) is 55.1 Å². The summed E-state index contributed by atoms with van der Waals surface area (Å²) in [7, 11) is 0. The molecule has 1 aliphatic rings. The molecule has 4 nitrogen and oxygen atoms in total. The molecule has 4 rings (SSSR count). The van der Waals surface area contributed by atoms with Crippen molar-refractivity contribution in [2.24, 2.45) is 0 Å². The lowest BCUT2D eigenvalue weighted by Crippen LogP contribution is -2.14. The summed E-state index contributed by atoms with van der Waals surface area (Å²) in [5.41, 5.74) is 6.55. The minimum Gasteiger partial charge on any atom is -0.396 e. The number of nitrogens with zero attached hydrogens (tertiary/aromatic N) is 2. The predicted octanol–water partition coefficient (Wildman–Crippen LogP) is 4.04. The van der Waals surface area contributed by atoms with E-state index in [0.717, 1.165) is 53.9 Å². The van der Waals surface area contributed by atoms with Gasteiger partial charge in [-0.1, -0.05) is 30.3 Å². The molecule has 0 saturated heterocycles. The third kappa shape index (κ3) is 3.45. The van der Waals surface area contributed by atoms with Crippen LogP contribution in [0, 0.1) is 0 Å². The maximum atomic E-state index is 12.9. The molecular weight excluding hydrogens is 336 g/mol. The number of carbonyl (C=O) groups excluding carboxylic acids is 1. The molecule has 138 valence electrons. The largest absolute Gasteiger partial charge is 0.396 e. The summed E-state index contributed by atoms with van der Waals surface area (Å²) in [6.45, 7) is 0.864. The molecule has 2 aromatic heterocycles. The Morgan fingerprint density at radius 1 is 1.04 bits per heavy atom. The highest BCUT2D eigenvalue weighted by Gasteiger charge is 2.29. The van der Waals surface area contributed by atoms with Crippen molar-refractivity contribution in [3.8, 4) is 11.3 Å².